The molecule has 1 aliphatic carbocycles. The van der Waals surface area contributed by atoms with Crippen LogP contribution in [0.4, 0.5) is 0 Å². The SMILES string of the molecule is Cl.O=C(CNC(=O)[C@@H]1CCCNC1)NC1CC1. The van der Waals surface area contributed by atoms with Gasteiger partial charge >= 0.3 is 0 Å². The average Bonchev–Trinajstić information content (AvgIpc) is 3.11. The molecule has 1 aliphatic heterocycles. The molecule has 5 nitrogen and oxygen atoms in total. The maximum absolute atomic E-state index is 11.7. The van der Waals surface area contributed by atoms with Crippen molar-refractivity contribution in [2.24, 2.45) is 5.92 Å². The molecule has 3 N–H and O–H groups in total. The Balaban J connectivity index is 0.00000144. The van der Waals surface area contributed by atoms with Crippen molar-refractivity contribution in [1.29, 1.82) is 0 Å². The Hall–Kier alpha value is -0.810. The molecule has 2 aliphatic rings. The molecular formula is C11H20ClN3O2. The molecule has 2 rings (SSSR count). The van der Waals surface area contributed by atoms with Crippen LogP contribution < -0.4 is 16.0 Å². The predicted octanol–water partition coefficient (Wildman–Crippen LogP) is -0.197. The number of hydrogen-bond acceptors (Lipinski definition) is 3. The lowest BCUT2D eigenvalue weighted by molar-refractivity contribution is -0.129. The molecule has 2 fully saturated rings. The van der Waals surface area contributed by atoms with Crippen molar-refractivity contribution < 1.29 is 9.59 Å². The van der Waals surface area contributed by atoms with E-state index >= 15 is 0 Å². The van der Waals surface area contributed by atoms with Gasteiger partial charge in [0.15, 0.2) is 0 Å². The monoisotopic (exact) mass is 261 g/mol. The Bertz CT molecular complexity index is 276. The quantitative estimate of drug-likeness (QED) is 0.657. The molecule has 1 atom stereocenters. The second kappa shape index (κ2) is 6.81. The number of hydrogen-bond donors (Lipinski definition) is 3. The number of carbonyl (C=O) groups excluding carboxylic acids is 2. The van der Waals surface area contributed by atoms with Crippen molar-refractivity contribution in [3.63, 3.8) is 0 Å². The Morgan fingerprint density at radius 3 is 2.59 bits per heavy atom. The molecule has 0 bridgehead atoms. The fraction of sp³-hybridized carbons (Fsp3) is 0.818. The van der Waals surface area contributed by atoms with Crippen LogP contribution >= 0.6 is 12.4 Å². The molecule has 0 aromatic rings. The second-order valence-corrected chi connectivity index (χ2v) is 4.60. The van der Waals surface area contributed by atoms with Crippen molar-refractivity contribution in [3.05, 3.63) is 0 Å². The summed E-state index contributed by atoms with van der Waals surface area (Å²) in [6.45, 7) is 1.84. The Morgan fingerprint density at radius 2 is 2.00 bits per heavy atom. The van der Waals surface area contributed by atoms with E-state index in [0.717, 1.165) is 38.8 Å². The highest BCUT2D eigenvalue weighted by Crippen LogP contribution is 2.18. The van der Waals surface area contributed by atoms with Gasteiger partial charge in [0.05, 0.1) is 12.5 Å². The van der Waals surface area contributed by atoms with Crippen LogP contribution in [0.25, 0.3) is 0 Å². The molecule has 1 saturated heterocycles. The summed E-state index contributed by atoms with van der Waals surface area (Å²) in [6, 6.07) is 0.362. The Morgan fingerprint density at radius 1 is 1.24 bits per heavy atom. The first-order valence-corrected chi connectivity index (χ1v) is 6.03. The normalized spacial score (nSPS) is 23.4. The first-order chi connectivity index (χ1) is 7.75. The molecule has 98 valence electrons. The number of piperidine rings is 1. The smallest absolute Gasteiger partial charge is 0.239 e. The molecule has 0 unspecified atom stereocenters. The van der Waals surface area contributed by atoms with Crippen LogP contribution in [-0.4, -0.2) is 37.5 Å². The summed E-state index contributed by atoms with van der Waals surface area (Å²) in [5.41, 5.74) is 0. The Kier molecular flexibility index (Phi) is 5.71. The molecule has 1 saturated carbocycles. The van der Waals surface area contributed by atoms with E-state index in [9.17, 15) is 9.59 Å². The van der Waals surface area contributed by atoms with Gasteiger partial charge in [0.25, 0.3) is 0 Å². The molecule has 0 spiro atoms. The van der Waals surface area contributed by atoms with Gasteiger partial charge in [0, 0.05) is 12.6 Å². The molecular weight excluding hydrogens is 242 g/mol. The van der Waals surface area contributed by atoms with E-state index in [4.69, 9.17) is 0 Å². The first kappa shape index (κ1) is 14.3. The molecule has 6 heteroatoms. The van der Waals surface area contributed by atoms with Crippen LogP contribution in [0, 0.1) is 5.92 Å². The van der Waals surface area contributed by atoms with Gasteiger partial charge in [0.2, 0.25) is 11.8 Å². The summed E-state index contributed by atoms with van der Waals surface area (Å²) in [5, 5.41) is 8.72. The van der Waals surface area contributed by atoms with Gasteiger partial charge in [-0.25, -0.2) is 0 Å². The summed E-state index contributed by atoms with van der Waals surface area (Å²) in [4.78, 5) is 23.0. The number of nitrogens with one attached hydrogen (secondary N) is 3. The van der Waals surface area contributed by atoms with Gasteiger partial charge in [0.1, 0.15) is 0 Å². The largest absolute Gasteiger partial charge is 0.352 e. The van der Waals surface area contributed by atoms with E-state index in [1.165, 1.54) is 0 Å². The average molecular weight is 262 g/mol. The van der Waals surface area contributed by atoms with Crippen molar-refractivity contribution in [3.8, 4) is 0 Å². The van der Waals surface area contributed by atoms with E-state index in [0.29, 0.717) is 6.04 Å². The van der Waals surface area contributed by atoms with Crippen molar-refractivity contribution in [2.45, 2.75) is 31.7 Å². The van der Waals surface area contributed by atoms with E-state index < -0.39 is 0 Å². The lowest BCUT2D eigenvalue weighted by Crippen LogP contribution is -2.44. The molecule has 17 heavy (non-hydrogen) atoms. The molecule has 0 aromatic carbocycles. The zero-order valence-electron chi connectivity index (χ0n) is 9.83. The number of rotatable bonds is 4. The van der Waals surface area contributed by atoms with E-state index in [-0.39, 0.29) is 36.7 Å². The fourth-order valence-electron chi connectivity index (χ4n) is 1.89. The van der Waals surface area contributed by atoms with E-state index in [1.54, 1.807) is 0 Å². The van der Waals surface area contributed by atoms with Crippen molar-refractivity contribution >= 4 is 24.2 Å². The number of carbonyl (C=O) groups is 2. The lowest BCUT2D eigenvalue weighted by atomic mass is 9.99. The minimum absolute atomic E-state index is 0. The van der Waals surface area contributed by atoms with Crippen LogP contribution in [0.3, 0.4) is 0 Å². The van der Waals surface area contributed by atoms with Crippen LogP contribution in [0.15, 0.2) is 0 Å². The summed E-state index contributed by atoms with van der Waals surface area (Å²) < 4.78 is 0. The zero-order valence-corrected chi connectivity index (χ0v) is 10.6. The maximum Gasteiger partial charge on any atom is 0.239 e. The third-order valence-electron chi connectivity index (χ3n) is 3.03. The molecule has 1 heterocycles. The van der Waals surface area contributed by atoms with Gasteiger partial charge in [-0.1, -0.05) is 0 Å². The van der Waals surface area contributed by atoms with Gasteiger partial charge < -0.3 is 16.0 Å². The Labute approximate surface area is 108 Å². The maximum atomic E-state index is 11.7. The fourth-order valence-corrected chi connectivity index (χ4v) is 1.89. The van der Waals surface area contributed by atoms with Crippen LogP contribution in [0.5, 0.6) is 0 Å². The standard InChI is InChI=1S/C11H19N3O2.ClH/c15-10(14-9-3-4-9)7-13-11(16)8-2-1-5-12-6-8;/h8-9,12H,1-7H2,(H,13,16)(H,14,15);1H/t8-;/m1./s1. The lowest BCUT2D eigenvalue weighted by Gasteiger charge is -2.21. The highest BCUT2D eigenvalue weighted by molar-refractivity contribution is 5.86. The second-order valence-electron chi connectivity index (χ2n) is 4.60. The third kappa shape index (κ3) is 4.91. The summed E-state index contributed by atoms with van der Waals surface area (Å²) in [7, 11) is 0. The van der Waals surface area contributed by atoms with E-state index in [2.05, 4.69) is 16.0 Å². The van der Waals surface area contributed by atoms with Crippen LogP contribution in [0.2, 0.25) is 0 Å². The molecule has 0 aromatic heterocycles. The van der Waals surface area contributed by atoms with Gasteiger partial charge in [-0.2, -0.15) is 0 Å². The topological polar surface area (TPSA) is 70.2 Å². The number of amides is 2. The zero-order chi connectivity index (χ0) is 11.4. The highest BCUT2D eigenvalue weighted by Gasteiger charge is 2.24. The van der Waals surface area contributed by atoms with Gasteiger partial charge in [-0.3, -0.25) is 9.59 Å². The van der Waals surface area contributed by atoms with Gasteiger partial charge in [-0.15, -0.1) is 12.4 Å². The van der Waals surface area contributed by atoms with Gasteiger partial charge in [-0.05, 0) is 32.2 Å². The first-order valence-electron chi connectivity index (χ1n) is 6.03. The molecule has 2 amide bonds. The highest BCUT2D eigenvalue weighted by atomic mass is 35.5. The minimum atomic E-state index is -0.0698. The predicted molar refractivity (Wildman–Crippen MR) is 67.0 cm³/mol. The number of halogens is 1. The van der Waals surface area contributed by atoms with Crippen LogP contribution in [-0.2, 0) is 9.59 Å². The molecule has 0 radical (unpaired) electrons. The van der Waals surface area contributed by atoms with Crippen LogP contribution in [0.1, 0.15) is 25.7 Å². The van der Waals surface area contributed by atoms with E-state index in [1.807, 2.05) is 0 Å². The minimum Gasteiger partial charge on any atom is -0.352 e. The summed E-state index contributed by atoms with van der Waals surface area (Å²) in [6.07, 6.45) is 4.11. The third-order valence-corrected chi connectivity index (χ3v) is 3.03. The summed E-state index contributed by atoms with van der Waals surface area (Å²) in [5.74, 6) is -0.0414. The van der Waals surface area contributed by atoms with Crippen molar-refractivity contribution in [1.82, 2.24) is 16.0 Å². The van der Waals surface area contributed by atoms with Crippen molar-refractivity contribution in [2.75, 3.05) is 19.6 Å². The summed E-state index contributed by atoms with van der Waals surface area (Å²) >= 11 is 0.